The maximum absolute atomic E-state index is 13.6. The molecule has 2 atom stereocenters. The number of nitrogens with zero attached hydrogens (tertiary/aromatic N) is 5. The number of carbonyl (C=O) groups is 1. The fraction of sp³-hybridized carbons (Fsp3) is 0.609. The second kappa shape index (κ2) is 8.47. The van der Waals surface area contributed by atoms with Crippen molar-refractivity contribution >= 4 is 5.91 Å². The Morgan fingerprint density at radius 3 is 2.87 bits per heavy atom. The monoisotopic (exact) mass is 411 g/mol. The van der Waals surface area contributed by atoms with Gasteiger partial charge in [-0.15, -0.1) is 0 Å². The van der Waals surface area contributed by atoms with Crippen molar-refractivity contribution in [2.75, 3.05) is 39.9 Å². The number of pyridine rings is 1. The van der Waals surface area contributed by atoms with E-state index < -0.39 is 5.41 Å². The molecule has 2 aromatic rings. The number of hydrogen-bond donors (Lipinski definition) is 0. The number of methoxy groups -OCH3 is 1. The Balaban J connectivity index is 1.61. The average Bonchev–Trinajstić information content (AvgIpc) is 3.40. The van der Waals surface area contributed by atoms with Gasteiger partial charge in [-0.05, 0) is 39.3 Å². The molecule has 2 aliphatic heterocycles. The van der Waals surface area contributed by atoms with Crippen LogP contribution in [-0.4, -0.2) is 70.1 Å². The van der Waals surface area contributed by atoms with Crippen molar-refractivity contribution in [2.24, 2.45) is 5.41 Å². The first kappa shape index (κ1) is 21.0. The Kier molecular flexibility index (Phi) is 5.93. The van der Waals surface area contributed by atoms with Crippen LogP contribution in [0.2, 0.25) is 0 Å². The number of ether oxygens (including phenoxy) is 1. The molecular formula is C23H33N5O2. The SMILES string of the molecule is COCCN1CCC2(CN(Cc3cccc(C)n3)CC2c2cn(C(C)C)cn2)C1=O. The number of carbonyl (C=O) groups excluding carboxylic acids is 1. The van der Waals surface area contributed by atoms with E-state index in [0.717, 1.165) is 49.7 Å². The van der Waals surface area contributed by atoms with Crippen LogP contribution in [0.15, 0.2) is 30.7 Å². The van der Waals surface area contributed by atoms with Crippen LogP contribution in [0, 0.1) is 12.3 Å². The van der Waals surface area contributed by atoms with Crippen LogP contribution in [0.1, 0.15) is 49.3 Å². The van der Waals surface area contributed by atoms with Crippen LogP contribution in [-0.2, 0) is 16.1 Å². The molecule has 1 amide bonds. The lowest BCUT2D eigenvalue weighted by Gasteiger charge is -2.28. The van der Waals surface area contributed by atoms with E-state index in [-0.39, 0.29) is 11.8 Å². The van der Waals surface area contributed by atoms with Crippen LogP contribution >= 0.6 is 0 Å². The highest BCUT2D eigenvalue weighted by Crippen LogP contribution is 2.49. The van der Waals surface area contributed by atoms with Crippen LogP contribution in [0.25, 0.3) is 0 Å². The molecule has 0 bridgehead atoms. The van der Waals surface area contributed by atoms with Gasteiger partial charge in [-0.1, -0.05) is 6.07 Å². The molecule has 4 heterocycles. The molecule has 1 spiro atoms. The van der Waals surface area contributed by atoms with E-state index in [1.807, 2.05) is 24.2 Å². The van der Waals surface area contributed by atoms with Crippen molar-refractivity contribution in [1.82, 2.24) is 24.3 Å². The highest BCUT2D eigenvalue weighted by molar-refractivity contribution is 5.86. The van der Waals surface area contributed by atoms with Gasteiger partial charge in [0.2, 0.25) is 5.91 Å². The summed E-state index contributed by atoms with van der Waals surface area (Å²) in [6.45, 7) is 10.7. The molecule has 4 rings (SSSR count). The summed E-state index contributed by atoms with van der Waals surface area (Å²) < 4.78 is 7.36. The molecule has 0 aromatic carbocycles. The number of hydrogen-bond acceptors (Lipinski definition) is 5. The van der Waals surface area contributed by atoms with Gasteiger partial charge < -0.3 is 14.2 Å². The van der Waals surface area contributed by atoms with Gasteiger partial charge in [-0.25, -0.2) is 4.98 Å². The van der Waals surface area contributed by atoms with Gasteiger partial charge >= 0.3 is 0 Å². The zero-order valence-corrected chi connectivity index (χ0v) is 18.5. The minimum absolute atomic E-state index is 0.0994. The third-order valence-electron chi connectivity index (χ3n) is 6.63. The number of likely N-dealkylation sites (tertiary alicyclic amines) is 2. The Bertz CT molecular complexity index is 895. The van der Waals surface area contributed by atoms with Crippen molar-refractivity contribution in [1.29, 1.82) is 0 Å². The molecule has 2 unspecified atom stereocenters. The number of imidazole rings is 1. The normalized spacial score (nSPS) is 24.6. The zero-order valence-electron chi connectivity index (χ0n) is 18.5. The third kappa shape index (κ3) is 3.88. The first-order valence-electron chi connectivity index (χ1n) is 10.9. The molecule has 162 valence electrons. The van der Waals surface area contributed by atoms with Crippen LogP contribution < -0.4 is 0 Å². The fourth-order valence-corrected chi connectivity index (χ4v) is 4.98. The lowest BCUT2D eigenvalue weighted by Crippen LogP contribution is -2.40. The lowest BCUT2D eigenvalue weighted by atomic mass is 9.75. The van der Waals surface area contributed by atoms with Crippen LogP contribution in [0.5, 0.6) is 0 Å². The van der Waals surface area contributed by atoms with Crippen molar-refractivity contribution < 1.29 is 9.53 Å². The summed E-state index contributed by atoms with van der Waals surface area (Å²) in [5.41, 5.74) is 2.70. The summed E-state index contributed by atoms with van der Waals surface area (Å²) in [6, 6.07) is 6.50. The second-order valence-electron chi connectivity index (χ2n) is 9.02. The third-order valence-corrected chi connectivity index (χ3v) is 6.63. The molecule has 0 aliphatic carbocycles. The number of aryl methyl sites for hydroxylation is 1. The summed E-state index contributed by atoms with van der Waals surface area (Å²) in [4.78, 5) is 27.4. The molecule has 2 aromatic heterocycles. The van der Waals surface area contributed by atoms with E-state index in [1.165, 1.54) is 0 Å². The van der Waals surface area contributed by atoms with Gasteiger partial charge in [-0.2, -0.15) is 0 Å². The number of rotatable bonds is 7. The van der Waals surface area contributed by atoms with E-state index in [0.29, 0.717) is 19.2 Å². The summed E-state index contributed by atoms with van der Waals surface area (Å²) in [5, 5.41) is 0. The molecule has 2 saturated heterocycles. The van der Waals surface area contributed by atoms with Gasteiger partial charge in [0, 0.05) is 63.7 Å². The smallest absolute Gasteiger partial charge is 0.230 e. The summed E-state index contributed by atoms with van der Waals surface area (Å²) in [7, 11) is 1.68. The summed E-state index contributed by atoms with van der Waals surface area (Å²) in [6.07, 6.45) is 4.91. The zero-order chi connectivity index (χ0) is 21.3. The first-order chi connectivity index (χ1) is 14.4. The Hall–Kier alpha value is -2.25. The number of amides is 1. The van der Waals surface area contributed by atoms with E-state index in [4.69, 9.17) is 9.72 Å². The Morgan fingerprint density at radius 1 is 1.33 bits per heavy atom. The van der Waals surface area contributed by atoms with Gasteiger partial charge in [0.25, 0.3) is 0 Å². The van der Waals surface area contributed by atoms with E-state index in [2.05, 4.69) is 46.6 Å². The predicted octanol–water partition coefficient (Wildman–Crippen LogP) is 2.63. The predicted molar refractivity (Wildman–Crippen MR) is 115 cm³/mol. The maximum atomic E-state index is 13.6. The minimum atomic E-state index is -0.409. The maximum Gasteiger partial charge on any atom is 0.230 e. The minimum Gasteiger partial charge on any atom is -0.383 e. The van der Waals surface area contributed by atoms with Crippen molar-refractivity contribution in [3.63, 3.8) is 0 Å². The standard InChI is InChI=1S/C23H33N5O2/c1-17(2)28-14-21(24-16-28)20-13-26(12-19-7-5-6-18(3)25-19)15-23(20)8-9-27(22(23)29)10-11-30-4/h5-7,14,16-17,20H,8-13,15H2,1-4H3. The highest BCUT2D eigenvalue weighted by Gasteiger charge is 2.57. The molecule has 0 radical (unpaired) electrons. The molecule has 2 aliphatic rings. The number of aromatic nitrogens is 3. The lowest BCUT2D eigenvalue weighted by molar-refractivity contribution is -0.136. The molecule has 2 fully saturated rings. The van der Waals surface area contributed by atoms with E-state index >= 15 is 0 Å². The van der Waals surface area contributed by atoms with Gasteiger partial charge in [-0.3, -0.25) is 14.7 Å². The molecule has 0 saturated carbocycles. The van der Waals surface area contributed by atoms with Crippen molar-refractivity contribution in [2.45, 2.75) is 45.7 Å². The Morgan fingerprint density at radius 2 is 2.17 bits per heavy atom. The average molecular weight is 412 g/mol. The quantitative estimate of drug-likeness (QED) is 0.701. The van der Waals surface area contributed by atoms with Gasteiger partial charge in [0.1, 0.15) is 0 Å². The first-order valence-corrected chi connectivity index (χ1v) is 10.9. The molecule has 0 N–H and O–H groups in total. The molecule has 7 heteroatoms. The highest BCUT2D eigenvalue weighted by atomic mass is 16.5. The largest absolute Gasteiger partial charge is 0.383 e. The topological polar surface area (TPSA) is 63.5 Å². The van der Waals surface area contributed by atoms with Gasteiger partial charge in [0.15, 0.2) is 0 Å². The van der Waals surface area contributed by atoms with Crippen molar-refractivity contribution in [3.05, 3.63) is 47.8 Å². The van der Waals surface area contributed by atoms with Crippen molar-refractivity contribution in [3.8, 4) is 0 Å². The Labute approximate surface area is 179 Å². The van der Waals surface area contributed by atoms with E-state index in [9.17, 15) is 4.79 Å². The molecule has 7 nitrogen and oxygen atoms in total. The fourth-order valence-electron chi connectivity index (χ4n) is 4.98. The van der Waals surface area contributed by atoms with Gasteiger partial charge in [0.05, 0.1) is 29.7 Å². The van der Waals surface area contributed by atoms with Crippen LogP contribution in [0.4, 0.5) is 0 Å². The molecular weight excluding hydrogens is 378 g/mol. The second-order valence-corrected chi connectivity index (χ2v) is 9.02. The molecule has 30 heavy (non-hydrogen) atoms. The summed E-state index contributed by atoms with van der Waals surface area (Å²) in [5.74, 6) is 0.353. The summed E-state index contributed by atoms with van der Waals surface area (Å²) >= 11 is 0. The van der Waals surface area contributed by atoms with E-state index in [1.54, 1.807) is 7.11 Å². The van der Waals surface area contributed by atoms with Crippen LogP contribution in [0.3, 0.4) is 0 Å².